The van der Waals surface area contributed by atoms with Gasteiger partial charge in [0.05, 0.1) is 10.7 Å². The van der Waals surface area contributed by atoms with Crippen LogP contribution in [0.4, 0.5) is 0 Å². The lowest BCUT2D eigenvalue weighted by Gasteiger charge is -2.12. The number of oxazole rings is 1. The van der Waals surface area contributed by atoms with Gasteiger partial charge in [-0.05, 0) is 30.7 Å². The molecule has 0 saturated carbocycles. The summed E-state index contributed by atoms with van der Waals surface area (Å²) in [6.07, 6.45) is 1.05. The lowest BCUT2D eigenvalue weighted by Crippen LogP contribution is -2.22. The van der Waals surface area contributed by atoms with Crippen molar-refractivity contribution >= 4 is 17.6 Å². The highest BCUT2D eigenvalue weighted by Crippen LogP contribution is 2.33. The van der Waals surface area contributed by atoms with Crippen molar-refractivity contribution in [1.29, 1.82) is 0 Å². The van der Waals surface area contributed by atoms with Gasteiger partial charge in [-0.3, -0.25) is 0 Å². The fourth-order valence-electron chi connectivity index (χ4n) is 2.40. The van der Waals surface area contributed by atoms with E-state index in [1.165, 1.54) is 13.3 Å². The highest BCUT2D eigenvalue weighted by atomic mass is 35.5. The molecule has 0 spiro atoms. The van der Waals surface area contributed by atoms with Crippen LogP contribution in [0.3, 0.4) is 0 Å². The van der Waals surface area contributed by atoms with Gasteiger partial charge in [0.15, 0.2) is 18.3 Å². The molecule has 1 heterocycles. The third-order valence-electron chi connectivity index (χ3n) is 3.70. The normalized spacial score (nSPS) is 11.9. The molecule has 1 aromatic heterocycles. The van der Waals surface area contributed by atoms with Crippen LogP contribution in [0.5, 0.6) is 5.75 Å². The maximum absolute atomic E-state index is 10.9. The minimum atomic E-state index is -1.06. The summed E-state index contributed by atoms with van der Waals surface area (Å²) in [6.45, 7) is 1.45. The summed E-state index contributed by atoms with van der Waals surface area (Å²) in [4.78, 5) is 15.2. The Hall–Kier alpha value is -2.79. The van der Waals surface area contributed by atoms with Crippen molar-refractivity contribution < 1.29 is 19.1 Å². The zero-order valence-electron chi connectivity index (χ0n) is 13.5. The van der Waals surface area contributed by atoms with Gasteiger partial charge in [0.2, 0.25) is 0 Å². The van der Waals surface area contributed by atoms with Crippen molar-refractivity contribution in [2.45, 2.75) is 19.4 Å². The molecule has 1 atom stereocenters. The molecule has 0 aliphatic heterocycles. The molecule has 0 saturated heterocycles. The molecule has 2 aromatic carbocycles. The number of hydrogen-bond donors (Lipinski definition) is 1. The van der Waals surface area contributed by atoms with Crippen LogP contribution < -0.4 is 4.74 Å². The molecule has 3 rings (SSSR count). The predicted molar refractivity (Wildman–Crippen MR) is 93.9 cm³/mol. The Morgan fingerprint density at radius 3 is 2.72 bits per heavy atom. The Balaban J connectivity index is 1.85. The van der Waals surface area contributed by atoms with Crippen LogP contribution in [-0.2, 0) is 11.2 Å². The second-order valence-corrected chi connectivity index (χ2v) is 5.94. The lowest BCUT2D eigenvalue weighted by molar-refractivity contribution is -0.144. The van der Waals surface area contributed by atoms with Gasteiger partial charge in [-0.1, -0.05) is 41.9 Å². The molecule has 1 N–H and O–H groups in total. The number of carbonyl (C=O) groups is 1. The fourth-order valence-corrected chi connectivity index (χ4v) is 2.62. The predicted octanol–water partition coefficient (Wildman–Crippen LogP) is 4.44. The van der Waals surface area contributed by atoms with Crippen LogP contribution >= 0.6 is 11.6 Å². The van der Waals surface area contributed by atoms with E-state index < -0.39 is 12.1 Å². The Morgan fingerprint density at radius 2 is 2.04 bits per heavy atom. The fraction of sp³-hybridized carbons (Fsp3) is 0.158. The number of carboxylic acid groups (broad SMARTS) is 1. The molecule has 0 aliphatic carbocycles. The number of carboxylic acids is 1. The van der Waals surface area contributed by atoms with Crippen molar-refractivity contribution in [3.63, 3.8) is 0 Å². The van der Waals surface area contributed by atoms with Crippen LogP contribution in [0, 0.1) is 0 Å². The molecule has 5 nitrogen and oxygen atoms in total. The van der Waals surface area contributed by atoms with E-state index in [1.807, 2.05) is 30.3 Å². The maximum atomic E-state index is 10.9. The molecule has 3 aromatic rings. The van der Waals surface area contributed by atoms with E-state index in [0.29, 0.717) is 23.0 Å². The van der Waals surface area contributed by atoms with E-state index in [1.54, 1.807) is 18.2 Å². The maximum Gasteiger partial charge on any atom is 0.344 e. The molecular formula is C19H16ClNO4. The summed E-state index contributed by atoms with van der Waals surface area (Å²) in [5.74, 6) is -0.117. The molecule has 1 unspecified atom stereocenters. The number of halogens is 1. The van der Waals surface area contributed by atoms with Crippen LogP contribution in [0.1, 0.15) is 18.2 Å². The smallest absolute Gasteiger partial charge is 0.344 e. The van der Waals surface area contributed by atoms with Crippen LogP contribution in [0.25, 0.3) is 11.3 Å². The number of rotatable bonds is 6. The third-order valence-corrected chi connectivity index (χ3v) is 4.00. The van der Waals surface area contributed by atoms with Crippen molar-refractivity contribution in [3.05, 3.63) is 71.2 Å². The Morgan fingerprint density at radius 1 is 1.28 bits per heavy atom. The molecule has 0 bridgehead atoms. The molecule has 128 valence electrons. The number of ether oxygens (including phenoxy) is 1. The van der Waals surface area contributed by atoms with Crippen molar-refractivity contribution in [1.82, 2.24) is 4.98 Å². The van der Waals surface area contributed by atoms with E-state index in [9.17, 15) is 4.79 Å². The third kappa shape index (κ3) is 4.00. The van der Waals surface area contributed by atoms with Crippen LogP contribution in [0.15, 0.2) is 59.3 Å². The summed E-state index contributed by atoms with van der Waals surface area (Å²) in [7, 11) is 0. The number of benzene rings is 2. The lowest BCUT2D eigenvalue weighted by atomic mass is 10.1. The topological polar surface area (TPSA) is 72.6 Å². The van der Waals surface area contributed by atoms with E-state index in [2.05, 4.69) is 4.98 Å². The first-order valence-electron chi connectivity index (χ1n) is 7.70. The zero-order valence-corrected chi connectivity index (χ0v) is 14.2. The zero-order chi connectivity index (χ0) is 17.8. The van der Waals surface area contributed by atoms with E-state index in [0.717, 1.165) is 16.8 Å². The quantitative estimate of drug-likeness (QED) is 0.706. The number of aliphatic carboxylic acids is 1. The van der Waals surface area contributed by atoms with E-state index in [-0.39, 0.29) is 0 Å². The standard InChI is InChI=1S/C19H16ClNO4/c1-12(19(22)23)25-17-8-7-14(10-15(17)20)18-16(21-11-24-18)9-13-5-3-2-4-6-13/h2-8,10-12H,9H2,1H3,(H,22,23). The molecule has 0 aliphatic rings. The van der Waals surface area contributed by atoms with Gasteiger partial charge in [0.25, 0.3) is 0 Å². The molecular weight excluding hydrogens is 342 g/mol. The molecule has 0 radical (unpaired) electrons. The Labute approximate surface area is 149 Å². The van der Waals surface area contributed by atoms with Gasteiger partial charge >= 0.3 is 5.97 Å². The summed E-state index contributed by atoms with van der Waals surface area (Å²) in [6, 6.07) is 15.0. The summed E-state index contributed by atoms with van der Waals surface area (Å²) < 4.78 is 10.9. The van der Waals surface area contributed by atoms with Crippen molar-refractivity contribution in [2.24, 2.45) is 0 Å². The summed E-state index contributed by atoms with van der Waals surface area (Å²) >= 11 is 6.23. The van der Waals surface area contributed by atoms with E-state index in [4.69, 9.17) is 25.9 Å². The molecule has 0 amide bonds. The second kappa shape index (κ2) is 7.40. The molecule has 0 fully saturated rings. The first kappa shape index (κ1) is 17.0. The summed E-state index contributed by atoms with van der Waals surface area (Å²) in [5, 5.41) is 9.24. The van der Waals surface area contributed by atoms with Gasteiger partial charge in [-0.25, -0.2) is 9.78 Å². The number of aromatic nitrogens is 1. The van der Waals surface area contributed by atoms with Gasteiger partial charge in [0, 0.05) is 12.0 Å². The van der Waals surface area contributed by atoms with Gasteiger partial charge < -0.3 is 14.3 Å². The second-order valence-electron chi connectivity index (χ2n) is 5.53. The highest BCUT2D eigenvalue weighted by molar-refractivity contribution is 6.32. The largest absolute Gasteiger partial charge is 0.479 e. The Kier molecular flexibility index (Phi) is 5.05. The van der Waals surface area contributed by atoms with Gasteiger partial charge in [-0.15, -0.1) is 0 Å². The van der Waals surface area contributed by atoms with Crippen LogP contribution in [-0.4, -0.2) is 22.2 Å². The number of hydrogen-bond acceptors (Lipinski definition) is 4. The van der Waals surface area contributed by atoms with Gasteiger partial charge in [0.1, 0.15) is 5.75 Å². The SMILES string of the molecule is CC(Oc1ccc(-c2ocnc2Cc2ccccc2)cc1Cl)C(=O)O. The minimum Gasteiger partial charge on any atom is -0.479 e. The van der Waals surface area contributed by atoms with E-state index >= 15 is 0 Å². The highest BCUT2D eigenvalue weighted by Gasteiger charge is 2.17. The molecule has 25 heavy (non-hydrogen) atoms. The van der Waals surface area contributed by atoms with Crippen LogP contribution in [0.2, 0.25) is 5.02 Å². The average molecular weight is 358 g/mol. The van der Waals surface area contributed by atoms with Crippen molar-refractivity contribution in [3.8, 4) is 17.1 Å². The monoisotopic (exact) mass is 357 g/mol. The van der Waals surface area contributed by atoms with Crippen molar-refractivity contribution in [2.75, 3.05) is 0 Å². The van der Waals surface area contributed by atoms with Gasteiger partial charge in [-0.2, -0.15) is 0 Å². The number of nitrogens with zero attached hydrogens (tertiary/aromatic N) is 1. The Bertz CT molecular complexity index is 876. The first-order chi connectivity index (χ1) is 12.0. The summed E-state index contributed by atoms with van der Waals surface area (Å²) in [5.41, 5.74) is 2.68. The first-order valence-corrected chi connectivity index (χ1v) is 8.08. The molecule has 6 heteroatoms. The minimum absolute atomic E-state index is 0.310. The average Bonchev–Trinajstić information content (AvgIpc) is 3.05.